The Morgan fingerprint density at radius 3 is 2.91 bits per heavy atom. The Bertz CT molecular complexity index is 932. The van der Waals surface area contributed by atoms with Crippen molar-refractivity contribution in [1.82, 2.24) is 14.6 Å². The Morgan fingerprint density at radius 2 is 2.13 bits per heavy atom. The number of hydrogen-bond acceptors (Lipinski definition) is 7. The third-order valence-corrected chi connectivity index (χ3v) is 3.95. The van der Waals surface area contributed by atoms with Crippen LogP contribution >= 0.6 is 11.3 Å². The summed E-state index contributed by atoms with van der Waals surface area (Å²) in [6.45, 7) is 1.70. The van der Waals surface area contributed by atoms with E-state index in [-0.39, 0.29) is 12.2 Å². The van der Waals surface area contributed by atoms with E-state index in [1.165, 1.54) is 29.0 Å². The average Bonchev–Trinajstić information content (AvgIpc) is 2.95. The molecule has 2 heterocycles. The number of methoxy groups -OCH3 is 1. The number of fused-ring (bicyclic) bond motifs is 1. The van der Waals surface area contributed by atoms with Gasteiger partial charge in [0.1, 0.15) is 17.9 Å². The Morgan fingerprint density at radius 1 is 1.35 bits per heavy atom. The summed E-state index contributed by atoms with van der Waals surface area (Å²) in [5.41, 5.74) is 0.699. The maximum absolute atomic E-state index is 12.1. The van der Waals surface area contributed by atoms with Crippen LogP contribution in [0.3, 0.4) is 0 Å². The molecule has 8 heteroatoms. The van der Waals surface area contributed by atoms with E-state index < -0.39 is 5.97 Å². The molecule has 3 rings (SSSR count). The summed E-state index contributed by atoms with van der Waals surface area (Å²) < 4.78 is 11.6. The highest BCUT2D eigenvalue weighted by atomic mass is 32.1. The third kappa shape index (κ3) is 3.07. The van der Waals surface area contributed by atoms with E-state index in [0.29, 0.717) is 27.0 Å². The minimum absolute atomic E-state index is 0.0383. The second-order valence-corrected chi connectivity index (χ2v) is 5.74. The van der Waals surface area contributed by atoms with Gasteiger partial charge in [-0.05, 0) is 19.1 Å². The molecule has 1 aromatic carbocycles. The first kappa shape index (κ1) is 15.2. The van der Waals surface area contributed by atoms with Crippen molar-refractivity contribution < 1.29 is 14.3 Å². The summed E-state index contributed by atoms with van der Waals surface area (Å²) in [6.07, 6.45) is 0. The number of carbonyl (C=O) groups excluding carboxylic acids is 1. The van der Waals surface area contributed by atoms with Crippen LogP contribution in [-0.2, 0) is 11.3 Å². The van der Waals surface area contributed by atoms with E-state index in [0.717, 1.165) is 0 Å². The number of ether oxygens (including phenoxy) is 2. The van der Waals surface area contributed by atoms with Crippen LogP contribution in [0, 0.1) is 6.92 Å². The summed E-state index contributed by atoms with van der Waals surface area (Å²) in [5.74, 6) is -0.0755. The number of aromatic nitrogens is 3. The van der Waals surface area contributed by atoms with Crippen LogP contribution in [0.2, 0.25) is 0 Å². The largest absolute Gasteiger partial charge is 0.496 e. The van der Waals surface area contributed by atoms with Crippen molar-refractivity contribution in [2.75, 3.05) is 7.11 Å². The number of nitrogens with zero attached hydrogens (tertiary/aromatic N) is 3. The van der Waals surface area contributed by atoms with Crippen LogP contribution in [0.1, 0.15) is 21.1 Å². The smallest absolute Gasteiger partial charge is 0.342 e. The summed E-state index contributed by atoms with van der Waals surface area (Å²) >= 11 is 1.21. The highest BCUT2D eigenvalue weighted by Gasteiger charge is 2.15. The zero-order valence-corrected chi connectivity index (χ0v) is 13.3. The van der Waals surface area contributed by atoms with Gasteiger partial charge in [-0.3, -0.25) is 4.79 Å². The fourth-order valence-electron chi connectivity index (χ4n) is 2.04. The van der Waals surface area contributed by atoms with Crippen LogP contribution in [0.4, 0.5) is 0 Å². The minimum Gasteiger partial charge on any atom is -0.496 e. The summed E-state index contributed by atoms with van der Waals surface area (Å²) in [5, 5.41) is 4.60. The van der Waals surface area contributed by atoms with Crippen LogP contribution in [0.15, 0.2) is 35.1 Å². The van der Waals surface area contributed by atoms with Gasteiger partial charge in [0.15, 0.2) is 5.01 Å². The molecule has 0 bridgehead atoms. The number of rotatable bonds is 4. The Balaban J connectivity index is 1.79. The molecule has 0 unspecified atom stereocenters. The molecule has 7 nitrogen and oxygen atoms in total. The van der Waals surface area contributed by atoms with Crippen LogP contribution < -0.4 is 10.3 Å². The van der Waals surface area contributed by atoms with Gasteiger partial charge in [0, 0.05) is 11.8 Å². The predicted molar refractivity (Wildman–Crippen MR) is 84.0 cm³/mol. The van der Waals surface area contributed by atoms with Crippen molar-refractivity contribution >= 4 is 22.3 Å². The van der Waals surface area contributed by atoms with E-state index in [9.17, 15) is 9.59 Å². The predicted octanol–water partition coefficient (Wildman–Crippen LogP) is 1.83. The molecule has 2 aromatic heterocycles. The number of para-hydroxylation sites is 1. The van der Waals surface area contributed by atoms with Gasteiger partial charge in [-0.15, -0.1) is 0 Å². The Kier molecular flexibility index (Phi) is 4.07. The van der Waals surface area contributed by atoms with Crippen molar-refractivity contribution in [3.05, 3.63) is 57.0 Å². The number of esters is 1. The Labute approximate surface area is 135 Å². The highest BCUT2D eigenvalue weighted by molar-refractivity contribution is 7.16. The molecule has 0 N–H and O–H groups in total. The maximum Gasteiger partial charge on any atom is 0.342 e. The van der Waals surface area contributed by atoms with E-state index >= 15 is 0 Å². The lowest BCUT2D eigenvalue weighted by Crippen LogP contribution is -2.14. The number of benzene rings is 1. The molecule has 0 aliphatic heterocycles. The fourth-order valence-corrected chi connectivity index (χ4v) is 2.89. The van der Waals surface area contributed by atoms with Gasteiger partial charge in [-0.1, -0.05) is 23.5 Å². The zero-order chi connectivity index (χ0) is 16.4. The molecular formula is C15H13N3O4S. The molecule has 0 atom stereocenters. The van der Waals surface area contributed by atoms with Crippen LogP contribution in [0.5, 0.6) is 5.75 Å². The molecule has 0 saturated carbocycles. The molecular weight excluding hydrogens is 318 g/mol. The Hall–Kier alpha value is -2.74. The summed E-state index contributed by atoms with van der Waals surface area (Å²) in [4.78, 5) is 28.6. The molecule has 118 valence electrons. The molecule has 0 aliphatic carbocycles. The first-order valence-corrected chi connectivity index (χ1v) is 7.56. The van der Waals surface area contributed by atoms with Crippen molar-refractivity contribution in [3.63, 3.8) is 0 Å². The van der Waals surface area contributed by atoms with Crippen LogP contribution in [0.25, 0.3) is 4.96 Å². The van der Waals surface area contributed by atoms with Crippen LogP contribution in [-0.4, -0.2) is 27.7 Å². The molecule has 3 aromatic rings. The molecule has 0 fully saturated rings. The van der Waals surface area contributed by atoms with Gasteiger partial charge in [-0.2, -0.15) is 9.61 Å². The zero-order valence-electron chi connectivity index (χ0n) is 12.5. The van der Waals surface area contributed by atoms with Gasteiger partial charge in [0.05, 0.1) is 7.11 Å². The quantitative estimate of drug-likeness (QED) is 0.678. The number of aryl methyl sites for hydroxylation is 1. The highest BCUT2D eigenvalue weighted by Crippen LogP contribution is 2.19. The van der Waals surface area contributed by atoms with Gasteiger partial charge in [0.2, 0.25) is 4.96 Å². The van der Waals surface area contributed by atoms with Gasteiger partial charge < -0.3 is 9.47 Å². The van der Waals surface area contributed by atoms with Crippen molar-refractivity contribution in [1.29, 1.82) is 0 Å². The lowest BCUT2D eigenvalue weighted by Gasteiger charge is -2.07. The maximum atomic E-state index is 12.1. The van der Waals surface area contributed by atoms with E-state index in [1.54, 1.807) is 31.2 Å². The second kappa shape index (κ2) is 6.17. The lowest BCUT2D eigenvalue weighted by molar-refractivity contribution is 0.0468. The first-order valence-electron chi connectivity index (χ1n) is 6.75. The van der Waals surface area contributed by atoms with E-state index in [1.807, 2.05) is 0 Å². The second-order valence-electron chi connectivity index (χ2n) is 4.70. The van der Waals surface area contributed by atoms with Gasteiger partial charge in [0.25, 0.3) is 5.56 Å². The SMILES string of the molecule is COc1ccccc1C(=O)OCc1nn2c(=O)cc(C)nc2s1. The number of hydrogen-bond donors (Lipinski definition) is 0. The van der Waals surface area contributed by atoms with E-state index in [4.69, 9.17) is 9.47 Å². The van der Waals surface area contributed by atoms with Gasteiger partial charge >= 0.3 is 5.97 Å². The van der Waals surface area contributed by atoms with Crippen molar-refractivity contribution in [2.24, 2.45) is 0 Å². The monoisotopic (exact) mass is 331 g/mol. The lowest BCUT2D eigenvalue weighted by atomic mass is 10.2. The summed E-state index contributed by atoms with van der Waals surface area (Å²) in [6, 6.07) is 8.19. The number of carbonyl (C=O) groups is 1. The topological polar surface area (TPSA) is 82.8 Å². The van der Waals surface area contributed by atoms with Crippen molar-refractivity contribution in [2.45, 2.75) is 13.5 Å². The normalized spacial score (nSPS) is 10.7. The fraction of sp³-hybridized carbons (Fsp3) is 0.200. The molecule has 0 aliphatic rings. The molecule has 23 heavy (non-hydrogen) atoms. The first-order chi connectivity index (χ1) is 11.1. The van der Waals surface area contributed by atoms with E-state index in [2.05, 4.69) is 10.1 Å². The molecule has 0 saturated heterocycles. The molecule has 0 spiro atoms. The molecule has 0 radical (unpaired) electrons. The van der Waals surface area contributed by atoms with Gasteiger partial charge in [-0.25, -0.2) is 9.78 Å². The minimum atomic E-state index is -0.516. The molecule has 0 amide bonds. The average molecular weight is 331 g/mol. The standard InChI is InChI=1S/C15H13N3O4S/c1-9-7-13(19)18-15(16-9)23-12(17-18)8-22-14(20)10-5-3-4-6-11(10)21-2/h3-7H,8H2,1-2H3. The van der Waals surface area contributed by atoms with Crippen molar-refractivity contribution in [3.8, 4) is 5.75 Å². The summed E-state index contributed by atoms with van der Waals surface area (Å²) in [7, 11) is 1.49. The third-order valence-electron chi connectivity index (χ3n) is 3.07.